The van der Waals surface area contributed by atoms with Crippen molar-refractivity contribution in [2.24, 2.45) is 4.99 Å². The molecule has 0 aliphatic heterocycles. The molecule has 7 heteroatoms. The molecule has 106 valence electrons. The van der Waals surface area contributed by atoms with Crippen molar-refractivity contribution in [2.45, 2.75) is 19.9 Å². The molecule has 2 N–H and O–H groups in total. The third kappa shape index (κ3) is 6.37. The Morgan fingerprint density at radius 2 is 1.95 bits per heavy atom. The zero-order valence-electron chi connectivity index (χ0n) is 11.0. The van der Waals surface area contributed by atoms with Crippen LogP contribution in [0.4, 0.5) is 5.69 Å². The third-order valence-electron chi connectivity index (χ3n) is 2.37. The van der Waals surface area contributed by atoms with Crippen LogP contribution in [0.15, 0.2) is 29.3 Å². The van der Waals surface area contributed by atoms with Crippen LogP contribution in [0.1, 0.15) is 18.9 Å². The highest BCUT2D eigenvalue weighted by atomic mass is 127. The van der Waals surface area contributed by atoms with E-state index in [2.05, 4.69) is 22.5 Å². The van der Waals surface area contributed by atoms with E-state index in [9.17, 15) is 10.1 Å². The summed E-state index contributed by atoms with van der Waals surface area (Å²) in [6.07, 6.45) is 1.03. The largest absolute Gasteiger partial charge is 0.356 e. The normalized spacial score (nSPS) is 10.5. The smallest absolute Gasteiger partial charge is 0.269 e. The van der Waals surface area contributed by atoms with Crippen molar-refractivity contribution >= 4 is 35.6 Å². The van der Waals surface area contributed by atoms with E-state index >= 15 is 0 Å². The molecule has 0 saturated heterocycles. The summed E-state index contributed by atoms with van der Waals surface area (Å²) in [4.78, 5) is 14.2. The predicted octanol–water partition coefficient (Wildman–Crippen LogP) is 2.29. The molecular formula is C12H19IN4O2. The van der Waals surface area contributed by atoms with Crippen LogP contribution in [-0.4, -0.2) is 24.5 Å². The van der Waals surface area contributed by atoms with Crippen molar-refractivity contribution < 1.29 is 4.92 Å². The van der Waals surface area contributed by atoms with Gasteiger partial charge < -0.3 is 10.6 Å². The monoisotopic (exact) mass is 378 g/mol. The average molecular weight is 378 g/mol. The highest BCUT2D eigenvalue weighted by Crippen LogP contribution is 2.11. The molecule has 0 amide bonds. The number of guanidine groups is 1. The van der Waals surface area contributed by atoms with Gasteiger partial charge in [-0.25, -0.2) is 0 Å². The molecule has 1 rings (SSSR count). The van der Waals surface area contributed by atoms with Crippen LogP contribution < -0.4 is 10.6 Å². The molecule has 0 aliphatic carbocycles. The molecule has 1 aromatic rings. The molecule has 0 fully saturated rings. The summed E-state index contributed by atoms with van der Waals surface area (Å²) >= 11 is 0. The highest BCUT2D eigenvalue weighted by Gasteiger charge is 2.04. The molecule has 1 aromatic carbocycles. The summed E-state index contributed by atoms with van der Waals surface area (Å²) in [5.41, 5.74) is 1.08. The minimum absolute atomic E-state index is 0. The fraction of sp³-hybridized carbons (Fsp3) is 0.417. The molecule has 0 atom stereocenters. The van der Waals surface area contributed by atoms with Gasteiger partial charge in [-0.1, -0.05) is 19.1 Å². The number of nitrogens with one attached hydrogen (secondary N) is 2. The molecule has 0 spiro atoms. The van der Waals surface area contributed by atoms with E-state index in [1.807, 2.05) is 0 Å². The van der Waals surface area contributed by atoms with Crippen LogP contribution in [0.2, 0.25) is 0 Å². The van der Waals surface area contributed by atoms with Gasteiger partial charge in [-0.3, -0.25) is 15.1 Å². The van der Waals surface area contributed by atoms with Gasteiger partial charge in [0.15, 0.2) is 5.96 Å². The van der Waals surface area contributed by atoms with E-state index in [0.717, 1.165) is 24.5 Å². The molecule has 19 heavy (non-hydrogen) atoms. The van der Waals surface area contributed by atoms with Crippen LogP contribution in [0, 0.1) is 10.1 Å². The first kappa shape index (κ1) is 17.6. The Morgan fingerprint density at radius 1 is 1.32 bits per heavy atom. The van der Waals surface area contributed by atoms with Gasteiger partial charge in [0.25, 0.3) is 5.69 Å². The summed E-state index contributed by atoms with van der Waals surface area (Å²) in [6.45, 7) is 3.53. The van der Waals surface area contributed by atoms with E-state index in [1.165, 1.54) is 12.1 Å². The third-order valence-corrected chi connectivity index (χ3v) is 2.37. The lowest BCUT2D eigenvalue weighted by atomic mass is 10.2. The molecular weight excluding hydrogens is 359 g/mol. The maximum atomic E-state index is 10.5. The van der Waals surface area contributed by atoms with Crippen LogP contribution in [0.25, 0.3) is 0 Å². The lowest BCUT2D eigenvalue weighted by molar-refractivity contribution is -0.384. The van der Waals surface area contributed by atoms with E-state index in [4.69, 9.17) is 0 Å². The minimum atomic E-state index is -0.404. The number of halogens is 1. The molecule has 0 heterocycles. The second kappa shape index (κ2) is 9.54. The van der Waals surface area contributed by atoms with E-state index in [0.29, 0.717) is 6.54 Å². The minimum Gasteiger partial charge on any atom is -0.356 e. The lowest BCUT2D eigenvalue weighted by Gasteiger charge is -2.10. The number of rotatable bonds is 5. The van der Waals surface area contributed by atoms with Crippen molar-refractivity contribution in [1.29, 1.82) is 0 Å². The summed E-state index contributed by atoms with van der Waals surface area (Å²) < 4.78 is 0. The summed E-state index contributed by atoms with van der Waals surface area (Å²) in [5, 5.41) is 16.8. The number of hydrogen-bond acceptors (Lipinski definition) is 3. The maximum absolute atomic E-state index is 10.5. The Hall–Kier alpha value is -1.38. The Bertz CT molecular complexity index is 420. The quantitative estimate of drug-likeness (QED) is 0.271. The van der Waals surface area contributed by atoms with Gasteiger partial charge in [-0.15, -0.1) is 24.0 Å². The number of benzene rings is 1. The van der Waals surface area contributed by atoms with Gasteiger partial charge in [-0.2, -0.15) is 0 Å². The van der Waals surface area contributed by atoms with Gasteiger partial charge >= 0.3 is 0 Å². The number of nitro benzene ring substituents is 1. The van der Waals surface area contributed by atoms with E-state index < -0.39 is 4.92 Å². The van der Waals surface area contributed by atoms with Crippen LogP contribution in [0.5, 0.6) is 0 Å². The molecule has 0 saturated carbocycles. The number of aliphatic imine (C=N–C) groups is 1. The van der Waals surface area contributed by atoms with Crippen LogP contribution >= 0.6 is 24.0 Å². The molecule has 0 aliphatic rings. The number of nitrogens with zero attached hydrogens (tertiary/aromatic N) is 2. The van der Waals surface area contributed by atoms with Crippen molar-refractivity contribution in [3.8, 4) is 0 Å². The molecule has 0 unspecified atom stereocenters. The van der Waals surface area contributed by atoms with E-state index in [1.54, 1.807) is 19.2 Å². The first-order valence-corrected chi connectivity index (χ1v) is 5.85. The Kier molecular flexibility index (Phi) is 8.84. The fourth-order valence-corrected chi connectivity index (χ4v) is 1.39. The molecule has 0 radical (unpaired) electrons. The van der Waals surface area contributed by atoms with Crippen molar-refractivity contribution in [3.63, 3.8) is 0 Å². The number of hydrogen-bond donors (Lipinski definition) is 2. The molecule has 0 aromatic heterocycles. The van der Waals surface area contributed by atoms with Gasteiger partial charge in [0.05, 0.1) is 4.92 Å². The summed E-state index contributed by atoms with van der Waals surface area (Å²) in [5.74, 6) is 0.732. The van der Waals surface area contributed by atoms with Crippen LogP contribution in [-0.2, 0) is 6.54 Å². The van der Waals surface area contributed by atoms with Gasteiger partial charge in [-0.05, 0) is 12.0 Å². The topological polar surface area (TPSA) is 79.6 Å². The fourth-order valence-electron chi connectivity index (χ4n) is 1.39. The second-order valence-corrected chi connectivity index (χ2v) is 3.78. The number of nitro groups is 1. The predicted molar refractivity (Wildman–Crippen MR) is 87.0 cm³/mol. The Morgan fingerprint density at radius 3 is 2.42 bits per heavy atom. The van der Waals surface area contributed by atoms with Crippen molar-refractivity contribution in [2.75, 3.05) is 13.6 Å². The number of non-ortho nitro benzene ring substituents is 1. The maximum Gasteiger partial charge on any atom is 0.269 e. The standard InChI is InChI=1S/C12H18N4O2.HI/c1-3-8-14-12(13-2)15-9-10-4-6-11(7-5-10)16(17)18;/h4-7H,3,8-9H2,1-2H3,(H2,13,14,15);1H. The lowest BCUT2D eigenvalue weighted by Crippen LogP contribution is -2.37. The zero-order chi connectivity index (χ0) is 13.4. The van der Waals surface area contributed by atoms with Crippen molar-refractivity contribution in [1.82, 2.24) is 10.6 Å². The molecule has 6 nitrogen and oxygen atoms in total. The SMILES string of the molecule is CCCNC(=NC)NCc1ccc([N+](=O)[O-])cc1.I. The first-order valence-electron chi connectivity index (χ1n) is 5.85. The van der Waals surface area contributed by atoms with Gasteiger partial charge in [0.2, 0.25) is 0 Å². The zero-order valence-corrected chi connectivity index (χ0v) is 13.4. The van der Waals surface area contributed by atoms with E-state index in [-0.39, 0.29) is 29.7 Å². The highest BCUT2D eigenvalue weighted by molar-refractivity contribution is 14.0. The van der Waals surface area contributed by atoms with Crippen LogP contribution in [0.3, 0.4) is 0 Å². The second-order valence-electron chi connectivity index (χ2n) is 3.78. The average Bonchev–Trinajstić information content (AvgIpc) is 2.39. The van der Waals surface area contributed by atoms with Gasteiger partial charge in [0, 0.05) is 32.3 Å². The Balaban J connectivity index is 0.00000324. The Labute approximate surface area is 129 Å². The summed E-state index contributed by atoms with van der Waals surface area (Å²) in [7, 11) is 1.71. The summed E-state index contributed by atoms with van der Waals surface area (Å²) in [6, 6.07) is 6.47. The van der Waals surface area contributed by atoms with Gasteiger partial charge in [0.1, 0.15) is 0 Å². The van der Waals surface area contributed by atoms with Crippen molar-refractivity contribution in [3.05, 3.63) is 39.9 Å². The first-order chi connectivity index (χ1) is 8.67. The molecule has 0 bridgehead atoms.